The summed E-state index contributed by atoms with van der Waals surface area (Å²) in [5, 5.41) is 5.51. The van der Waals surface area contributed by atoms with Crippen LogP contribution < -0.4 is 10.1 Å². The first kappa shape index (κ1) is 18.5. The molecule has 1 N–H and O–H groups in total. The van der Waals surface area contributed by atoms with Crippen molar-refractivity contribution in [2.24, 2.45) is 0 Å². The third-order valence-corrected chi connectivity index (χ3v) is 5.40. The van der Waals surface area contributed by atoms with E-state index in [4.69, 9.17) is 16.3 Å². The van der Waals surface area contributed by atoms with Gasteiger partial charge in [-0.25, -0.2) is 4.98 Å². The van der Waals surface area contributed by atoms with Crippen molar-refractivity contribution >= 4 is 39.9 Å². The molecule has 5 nitrogen and oxygen atoms in total. The second-order valence-corrected chi connectivity index (χ2v) is 7.51. The molecule has 2 heterocycles. The quantitative estimate of drug-likeness (QED) is 0.477. The van der Waals surface area contributed by atoms with Crippen molar-refractivity contribution in [3.8, 4) is 5.75 Å². The smallest absolute Gasteiger partial charge is 0.261 e. The molecular formula is C21H18ClN3O2S. The highest BCUT2D eigenvalue weighted by Crippen LogP contribution is 2.18. The fourth-order valence-electron chi connectivity index (χ4n) is 2.95. The van der Waals surface area contributed by atoms with Crippen LogP contribution in [0.3, 0.4) is 0 Å². The number of carbonyl (C=O) groups is 1. The van der Waals surface area contributed by atoms with E-state index in [0.717, 1.165) is 22.6 Å². The van der Waals surface area contributed by atoms with Gasteiger partial charge >= 0.3 is 0 Å². The Morgan fingerprint density at radius 1 is 1.11 bits per heavy atom. The third kappa shape index (κ3) is 4.18. The van der Waals surface area contributed by atoms with Gasteiger partial charge in [-0.3, -0.25) is 4.79 Å². The maximum atomic E-state index is 12.3. The molecule has 0 atom stereocenters. The molecule has 0 aliphatic rings. The largest absolute Gasteiger partial charge is 0.492 e. The highest BCUT2D eigenvalue weighted by molar-refractivity contribution is 7.12. The van der Waals surface area contributed by atoms with Crippen LogP contribution in [0.5, 0.6) is 5.75 Å². The number of benzene rings is 2. The molecule has 2 aromatic heterocycles. The van der Waals surface area contributed by atoms with E-state index in [-0.39, 0.29) is 5.91 Å². The highest BCUT2D eigenvalue weighted by Gasteiger charge is 2.13. The Balaban J connectivity index is 1.48. The topological polar surface area (TPSA) is 56.2 Å². The minimum atomic E-state index is -0.0916. The van der Waals surface area contributed by atoms with Crippen LogP contribution in [0.15, 0.2) is 66.0 Å². The number of hydrogen-bond acceptors (Lipinski definition) is 4. The number of halogens is 1. The normalized spacial score (nSPS) is 10.9. The molecule has 1 amide bonds. The molecule has 0 saturated heterocycles. The Hall–Kier alpha value is -2.83. The Morgan fingerprint density at radius 2 is 1.93 bits per heavy atom. The molecule has 0 aliphatic heterocycles. The van der Waals surface area contributed by atoms with E-state index in [1.165, 1.54) is 11.3 Å². The molecule has 0 fully saturated rings. The number of imidazole rings is 1. The predicted molar refractivity (Wildman–Crippen MR) is 112 cm³/mol. The number of ether oxygens (including phenoxy) is 1. The van der Waals surface area contributed by atoms with Crippen molar-refractivity contribution in [2.75, 3.05) is 6.61 Å². The molecule has 0 bridgehead atoms. The van der Waals surface area contributed by atoms with Crippen LogP contribution in [0.4, 0.5) is 0 Å². The van der Waals surface area contributed by atoms with Crippen molar-refractivity contribution in [2.45, 2.75) is 13.1 Å². The first-order chi connectivity index (χ1) is 13.7. The van der Waals surface area contributed by atoms with Crippen molar-refractivity contribution in [1.29, 1.82) is 0 Å². The predicted octanol–water partition coefficient (Wildman–Crippen LogP) is 4.76. The Morgan fingerprint density at radius 3 is 2.71 bits per heavy atom. The van der Waals surface area contributed by atoms with E-state index in [0.29, 0.717) is 29.6 Å². The zero-order valence-corrected chi connectivity index (χ0v) is 16.5. The first-order valence-corrected chi connectivity index (χ1v) is 10.1. The van der Waals surface area contributed by atoms with E-state index in [1.54, 1.807) is 12.1 Å². The van der Waals surface area contributed by atoms with Crippen LogP contribution in [0.25, 0.3) is 11.0 Å². The maximum Gasteiger partial charge on any atom is 0.261 e. The summed E-state index contributed by atoms with van der Waals surface area (Å²) in [5.74, 6) is 1.47. The summed E-state index contributed by atoms with van der Waals surface area (Å²) in [6, 6.07) is 18.9. The Kier molecular flexibility index (Phi) is 5.60. The van der Waals surface area contributed by atoms with Gasteiger partial charge in [0.25, 0.3) is 5.91 Å². The van der Waals surface area contributed by atoms with Crippen molar-refractivity contribution in [1.82, 2.24) is 14.9 Å². The van der Waals surface area contributed by atoms with Crippen molar-refractivity contribution in [3.05, 3.63) is 81.8 Å². The molecule has 28 heavy (non-hydrogen) atoms. The Bertz CT molecular complexity index is 1070. The summed E-state index contributed by atoms with van der Waals surface area (Å²) in [4.78, 5) is 17.6. The fourth-order valence-corrected chi connectivity index (χ4v) is 3.72. The molecule has 0 aliphatic carbocycles. The Labute approximate surface area is 171 Å². The number of amides is 1. The van der Waals surface area contributed by atoms with Crippen LogP contribution in [-0.2, 0) is 13.1 Å². The van der Waals surface area contributed by atoms with E-state index in [1.807, 2.05) is 53.9 Å². The molecule has 142 valence electrons. The van der Waals surface area contributed by atoms with E-state index in [9.17, 15) is 4.79 Å². The number of nitrogens with zero attached hydrogens (tertiary/aromatic N) is 2. The summed E-state index contributed by atoms with van der Waals surface area (Å²) in [7, 11) is 0. The van der Waals surface area contributed by atoms with E-state index >= 15 is 0 Å². The molecule has 2 aromatic carbocycles. The number of rotatable bonds is 7. The number of hydrogen-bond donors (Lipinski definition) is 1. The maximum absolute atomic E-state index is 12.3. The minimum Gasteiger partial charge on any atom is -0.492 e. The van der Waals surface area contributed by atoms with Crippen molar-refractivity contribution < 1.29 is 9.53 Å². The molecule has 4 aromatic rings. The zero-order valence-electron chi connectivity index (χ0n) is 15.0. The summed E-state index contributed by atoms with van der Waals surface area (Å²) in [6.07, 6.45) is 0. The SMILES string of the molecule is O=C(NCc1nc2ccccc2n1CCOc1ccc(Cl)cc1)c1cccs1. The van der Waals surface area contributed by atoms with Gasteiger partial charge in [0, 0.05) is 5.02 Å². The summed E-state index contributed by atoms with van der Waals surface area (Å²) in [6.45, 7) is 1.45. The van der Waals surface area contributed by atoms with Gasteiger partial charge < -0.3 is 14.6 Å². The van der Waals surface area contributed by atoms with Crippen LogP contribution in [0.2, 0.25) is 5.02 Å². The number of carbonyl (C=O) groups excluding carboxylic acids is 1. The number of para-hydroxylation sites is 2. The van der Waals surface area contributed by atoms with Gasteiger partial charge in [0.2, 0.25) is 0 Å². The van der Waals surface area contributed by atoms with Crippen molar-refractivity contribution in [3.63, 3.8) is 0 Å². The fraction of sp³-hybridized carbons (Fsp3) is 0.143. The van der Waals surface area contributed by atoms with Gasteiger partial charge in [-0.15, -0.1) is 11.3 Å². The summed E-state index contributed by atoms with van der Waals surface area (Å²) in [5.41, 5.74) is 1.91. The van der Waals surface area contributed by atoms with Gasteiger partial charge in [-0.2, -0.15) is 0 Å². The van der Waals surface area contributed by atoms with Gasteiger partial charge in [0.15, 0.2) is 0 Å². The lowest BCUT2D eigenvalue weighted by Gasteiger charge is -2.11. The number of fused-ring (bicyclic) bond motifs is 1. The average Bonchev–Trinajstić information content (AvgIpc) is 3.36. The van der Waals surface area contributed by atoms with Gasteiger partial charge in [0.1, 0.15) is 18.2 Å². The number of nitrogens with one attached hydrogen (secondary N) is 1. The summed E-state index contributed by atoms with van der Waals surface area (Å²) < 4.78 is 7.91. The second-order valence-electron chi connectivity index (χ2n) is 6.13. The minimum absolute atomic E-state index is 0.0916. The second kappa shape index (κ2) is 8.46. The third-order valence-electron chi connectivity index (χ3n) is 4.28. The van der Waals surface area contributed by atoms with Gasteiger partial charge in [-0.1, -0.05) is 29.8 Å². The van der Waals surface area contributed by atoms with Gasteiger partial charge in [0.05, 0.1) is 29.0 Å². The molecule has 0 unspecified atom stereocenters. The molecule has 0 spiro atoms. The van der Waals surface area contributed by atoms with Crippen LogP contribution in [0, 0.1) is 0 Å². The van der Waals surface area contributed by atoms with Gasteiger partial charge in [-0.05, 0) is 47.8 Å². The number of thiophene rings is 1. The lowest BCUT2D eigenvalue weighted by molar-refractivity contribution is 0.0953. The molecular weight excluding hydrogens is 394 g/mol. The van der Waals surface area contributed by atoms with E-state index < -0.39 is 0 Å². The average molecular weight is 412 g/mol. The monoisotopic (exact) mass is 411 g/mol. The first-order valence-electron chi connectivity index (χ1n) is 8.85. The lowest BCUT2D eigenvalue weighted by Crippen LogP contribution is -2.24. The standard InChI is InChI=1S/C21H18ClN3O2S/c22-15-7-9-16(10-8-15)27-12-11-25-18-5-2-1-4-17(18)24-20(25)14-23-21(26)19-6-3-13-28-19/h1-10,13H,11-12,14H2,(H,23,26). The zero-order chi connectivity index (χ0) is 19.3. The molecule has 7 heteroatoms. The van der Waals surface area contributed by atoms with Crippen LogP contribution in [-0.4, -0.2) is 22.1 Å². The summed E-state index contributed by atoms with van der Waals surface area (Å²) >= 11 is 7.33. The van der Waals surface area contributed by atoms with Crippen LogP contribution >= 0.6 is 22.9 Å². The lowest BCUT2D eigenvalue weighted by atomic mass is 10.3. The van der Waals surface area contributed by atoms with Crippen LogP contribution in [0.1, 0.15) is 15.5 Å². The highest BCUT2D eigenvalue weighted by atomic mass is 35.5. The number of aromatic nitrogens is 2. The van der Waals surface area contributed by atoms with E-state index in [2.05, 4.69) is 14.9 Å². The molecule has 4 rings (SSSR count). The molecule has 0 saturated carbocycles. The molecule has 0 radical (unpaired) electrons.